The fourth-order valence-corrected chi connectivity index (χ4v) is 5.29. The average Bonchev–Trinajstić information content (AvgIpc) is 3.67. The Labute approximate surface area is 247 Å². The molecule has 0 saturated heterocycles. The van der Waals surface area contributed by atoms with Gasteiger partial charge in [0.2, 0.25) is 11.7 Å². The molecule has 0 unspecified atom stereocenters. The Kier molecular flexibility index (Phi) is 8.29. The van der Waals surface area contributed by atoms with Gasteiger partial charge in [0.15, 0.2) is 23.0 Å². The highest BCUT2D eigenvalue weighted by atomic mass is 32.1. The van der Waals surface area contributed by atoms with Gasteiger partial charge in [-0.1, -0.05) is 6.07 Å². The number of aromatic nitrogens is 4. The summed E-state index contributed by atoms with van der Waals surface area (Å²) in [5.41, 5.74) is 0.568. The van der Waals surface area contributed by atoms with E-state index in [1.165, 1.54) is 28.1 Å². The number of thiophene rings is 1. The van der Waals surface area contributed by atoms with E-state index in [0.717, 1.165) is 0 Å². The Morgan fingerprint density at radius 3 is 2.50 bits per heavy atom. The first kappa shape index (κ1) is 28.9. The quantitative estimate of drug-likeness (QED) is 0.308. The van der Waals surface area contributed by atoms with E-state index >= 15 is 0 Å². The fourth-order valence-electron chi connectivity index (χ4n) is 4.48. The molecule has 0 spiro atoms. The summed E-state index contributed by atoms with van der Waals surface area (Å²) < 4.78 is 22.2. The van der Waals surface area contributed by atoms with Crippen LogP contribution >= 0.6 is 11.3 Å². The number of hydrogen-bond acceptors (Lipinski definition) is 10. The number of hydrogen-bond donors (Lipinski definition) is 1. The zero-order valence-corrected chi connectivity index (χ0v) is 24.8. The Morgan fingerprint density at radius 2 is 1.81 bits per heavy atom. The molecule has 2 amide bonds. The maximum Gasteiger partial charge on any atom is 0.251 e. The molecule has 4 aromatic rings. The SMILES string of the molecule is COc1ccc(-c2nnn(CC(=O)N(c3ccc4c(c3)OCCO4)[C@@H](C(=O)NC(C)(C)C)c3cccs3)n2)cc1OC. The van der Waals surface area contributed by atoms with Crippen LogP contribution in [-0.2, 0) is 16.1 Å². The Bertz CT molecular complexity index is 1570. The Hall–Kier alpha value is -4.65. The number of nitrogens with one attached hydrogen (secondary N) is 1. The van der Waals surface area contributed by atoms with Crippen LogP contribution in [0.15, 0.2) is 53.9 Å². The molecule has 2 aromatic heterocycles. The molecule has 2 aromatic carbocycles. The number of carbonyl (C=O) groups excluding carboxylic acids is 2. The van der Waals surface area contributed by atoms with Crippen LogP contribution < -0.4 is 29.2 Å². The van der Waals surface area contributed by atoms with Crippen molar-refractivity contribution in [3.8, 4) is 34.4 Å². The second-order valence-corrected chi connectivity index (χ2v) is 11.4. The van der Waals surface area contributed by atoms with Crippen molar-refractivity contribution in [2.24, 2.45) is 0 Å². The molecule has 0 saturated carbocycles. The van der Waals surface area contributed by atoms with Crippen LogP contribution in [0.5, 0.6) is 23.0 Å². The van der Waals surface area contributed by atoms with E-state index in [1.54, 1.807) is 43.5 Å². The smallest absolute Gasteiger partial charge is 0.251 e. The number of fused-ring (bicyclic) bond motifs is 1. The number of benzene rings is 2. The van der Waals surface area contributed by atoms with E-state index in [9.17, 15) is 9.59 Å². The van der Waals surface area contributed by atoms with E-state index in [-0.39, 0.29) is 12.5 Å². The molecule has 12 nitrogen and oxygen atoms in total. The van der Waals surface area contributed by atoms with Crippen LogP contribution in [0.4, 0.5) is 5.69 Å². The van der Waals surface area contributed by atoms with Crippen molar-refractivity contribution in [1.29, 1.82) is 0 Å². The monoisotopic (exact) mass is 592 g/mol. The number of rotatable bonds is 9. The van der Waals surface area contributed by atoms with Gasteiger partial charge in [-0.3, -0.25) is 14.5 Å². The molecular formula is C29H32N6O6S. The van der Waals surface area contributed by atoms with Gasteiger partial charge in [0, 0.05) is 27.7 Å². The number of carbonyl (C=O) groups is 2. The zero-order chi connectivity index (χ0) is 29.9. The van der Waals surface area contributed by atoms with E-state index in [2.05, 4.69) is 20.7 Å². The van der Waals surface area contributed by atoms with Crippen molar-refractivity contribution in [2.45, 2.75) is 38.9 Å². The summed E-state index contributed by atoms with van der Waals surface area (Å²) in [6, 6.07) is 13.1. The van der Waals surface area contributed by atoms with Crippen LogP contribution in [0.2, 0.25) is 0 Å². The summed E-state index contributed by atoms with van der Waals surface area (Å²) in [7, 11) is 3.09. The predicted molar refractivity (Wildman–Crippen MR) is 156 cm³/mol. The lowest BCUT2D eigenvalue weighted by molar-refractivity contribution is -0.128. The third-order valence-corrected chi connectivity index (χ3v) is 7.19. The van der Waals surface area contributed by atoms with E-state index < -0.39 is 17.5 Å². The lowest BCUT2D eigenvalue weighted by Gasteiger charge is -2.33. The van der Waals surface area contributed by atoms with E-state index in [1.807, 2.05) is 38.3 Å². The summed E-state index contributed by atoms with van der Waals surface area (Å²) in [6.45, 7) is 6.20. The maximum absolute atomic E-state index is 14.1. The minimum absolute atomic E-state index is 0.278. The molecular weight excluding hydrogens is 560 g/mol. The molecule has 0 aliphatic carbocycles. The Morgan fingerprint density at radius 1 is 1.05 bits per heavy atom. The van der Waals surface area contributed by atoms with Crippen molar-refractivity contribution in [3.05, 3.63) is 58.8 Å². The highest BCUT2D eigenvalue weighted by molar-refractivity contribution is 7.10. The van der Waals surface area contributed by atoms with Gasteiger partial charge >= 0.3 is 0 Å². The van der Waals surface area contributed by atoms with Crippen LogP contribution in [0.3, 0.4) is 0 Å². The highest BCUT2D eigenvalue weighted by Crippen LogP contribution is 2.38. The molecule has 0 fully saturated rings. The first-order chi connectivity index (χ1) is 20.2. The third kappa shape index (κ3) is 6.30. The average molecular weight is 593 g/mol. The van der Waals surface area contributed by atoms with Crippen molar-refractivity contribution in [2.75, 3.05) is 32.3 Å². The zero-order valence-electron chi connectivity index (χ0n) is 24.0. The van der Waals surface area contributed by atoms with Crippen LogP contribution in [0, 0.1) is 0 Å². The summed E-state index contributed by atoms with van der Waals surface area (Å²) in [5, 5.41) is 17.6. The van der Waals surface area contributed by atoms with Gasteiger partial charge in [-0.25, -0.2) is 0 Å². The van der Waals surface area contributed by atoms with Crippen LogP contribution in [0.1, 0.15) is 31.7 Å². The van der Waals surface area contributed by atoms with Crippen molar-refractivity contribution in [1.82, 2.24) is 25.5 Å². The molecule has 5 rings (SSSR count). The minimum atomic E-state index is -0.965. The molecule has 3 heterocycles. The largest absolute Gasteiger partial charge is 0.493 e. The lowest BCUT2D eigenvalue weighted by Crippen LogP contribution is -2.50. The minimum Gasteiger partial charge on any atom is -0.493 e. The van der Waals surface area contributed by atoms with Gasteiger partial charge in [-0.15, -0.1) is 21.5 Å². The van der Waals surface area contributed by atoms with E-state index in [0.29, 0.717) is 58.2 Å². The second kappa shape index (κ2) is 12.1. The highest BCUT2D eigenvalue weighted by Gasteiger charge is 2.36. The molecule has 0 bridgehead atoms. The van der Waals surface area contributed by atoms with Crippen LogP contribution in [-0.4, -0.2) is 65.0 Å². The van der Waals surface area contributed by atoms with Gasteiger partial charge < -0.3 is 24.3 Å². The maximum atomic E-state index is 14.1. The van der Waals surface area contributed by atoms with Crippen molar-refractivity contribution >= 4 is 28.8 Å². The molecule has 1 aliphatic rings. The van der Waals surface area contributed by atoms with Crippen molar-refractivity contribution in [3.63, 3.8) is 0 Å². The van der Waals surface area contributed by atoms with Gasteiger partial charge in [-0.05, 0) is 67.8 Å². The number of ether oxygens (including phenoxy) is 4. The standard InChI is InChI=1S/C29H32N6O6S/c1-29(2,3)30-28(37)26(24-7-6-14-42-24)35(19-9-11-21-23(16-19)41-13-12-40-21)25(36)17-34-32-27(31-33-34)18-8-10-20(38-4)22(15-18)39-5/h6-11,14-16,26H,12-13,17H2,1-5H3,(H,30,37)/t26-/m1/s1. The molecule has 220 valence electrons. The summed E-state index contributed by atoms with van der Waals surface area (Å²) in [5.74, 6) is 1.68. The van der Waals surface area contributed by atoms with Gasteiger partial charge in [0.05, 0.1) is 14.2 Å². The molecule has 42 heavy (non-hydrogen) atoms. The van der Waals surface area contributed by atoms with E-state index in [4.69, 9.17) is 18.9 Å². The molecule has 1 atom stereocenters. The third-order valence-electron chi connectivity index (χ3n) is 6.26. The lowest BCUT2D eigenvalue weighted by atomic mass is 10.1. The fraction of sp³-hybridized carbons (Fsp3) is 0.345. The topological polar surface area (TPSA) is 130 Å². The number of tetrazole rings is 1. The first-order valence-electron chi connectivity index (χ1n) is 13.2. The van der Waals surface area contributed by atoms with Gasteiger partial charge in [0.1, 0.15) is 25.8 Å². The predicted octanol–water partition coefficient (Wildman–Crippen LogP) is 3.88. The van der Waals surface area contributed by atoms with Crippen molar-refractivity contribution < 1.29 is 28.5 Å². The summed E-state index contributed by atoms with van der Waals surface area (Å²) >= 11 is 1.39. The number of anilines is 1. The summed E-state index contributed by atoms with van der Waals surface area (Å²) in [6.07, 6.45) is 0. The van der Waals surface area contributed by atoms with Gasteiger partial charge in [-0.2, -0.15) is 4.80 Å². The number of amides is 2. The molecule has 13 heteroatoms. The normalized spacial score (nSPS) is 13.3. The number of nitrogens with zero attached hydrogens (tertiary/aromatic N) is 5. The van der Waals surface area contributed by atoms with Crippen LogP contribution in [0.25, 0.3) is 11.4 Å². The second-order valence-electron chi connectivity index (χ2n) is 10.5. The molecule has 1 N–H and O–H groups in total. The molecule has 1 aliphatic heterocycles. The van der Waals surface area contributed by atoms with Gasteiger partial charge in [0.25, 0.3) is 5.91 Å². The number of methoxy groups -OCH3 is 2. The Balaban J connectivity index is 1.51. The first-order valence-corrected chi connectivity index (χ1v) is 14.1. The summed E-state index contributed by atoms with van der Waals surface area (Å²) in [4.78, 5) is 31.3. The molecule has 0 radical (unpaired) electrons.